The van der Waals surface area contributed by atoms with Crippen LogP contribution in [0.15, 0.2) is 24.3 Å². The van der Waals surface area contributed by atoms with Crippen LogP contribution in [0.4, 0.5) is 5.69 Å². The molecule has 0 saturated heterocycles. The fourth-order valence-corrected chi connectivity index (χ4v) is 1.82. The van der Waals surface area contributed by atoms with Crippen LogP contribution in [-0.4, -0.2) is 17.9 Å². The summed E-state index contributed by atoms with van der Waals surface area (Å²) in [5.41, 5.74) is 1.59. The lowest BCUT2D eigenvalue weighted by Crippen LogP contribution is -2.40. The van der Waals surface area contributed by atoms with Gasteiger partial charge < -0.3 is 10.6 Å². The first kappa shape index (κ1) is 16.2. The molecule has 1 aromatic carbocycles. The Hall–Kier alpha value is -1.84. The lowest BCUT2D eigenvalue weighted by atomic mass is 9.86. The van der Waals surface area contributed by atoms with Crippen molar-refractivity contribution in [3.63, 3.8) is 0 Å². The van der Waals surface area contributed by atoms with E-state index >= 15 is 0 Å². The highest BCUT2D eigenvalue weighted by molar-refractivity contribution is 6.39. The van der Waals surface area contributed by atoms with Gasteiger partial charge in [-0.15, -0.1) is 0 Å². The molecule has 0 aliphatic heterocycles. The molecule has 1 rings (SSSR count). The summed E-state index contributed by atoms with van der Waals surface area (Å²) in [6.45, 7) is 10.0. The smallest absolute Gasteiger partial charge is 0.313 e. The SMILES string of the molecule is CC[C@@H](C)NC(=O)C(=O)Nc1ccccc1C(C)(C)C. The van der Waals surface area contributed by atoms with Gasteiger partial charge in [-0.3, -0.25) is 9.59 Å². The molecule has 0 aliphatic rings. The molecule has 110 valence electrons. The van der Waals surface area contributed by atoms with Gasteiger partial charge in [0.2, 0.25) is 0 Å². The highest BCUT2D eigenvalue weighted by atomic mass is 16.2. The summed E-state index contributed by atoms with van der Waals surface area (Å²) >= 11 is 0. The second-order valence-electron chi connectivity index (χ2n) is 6.03. The van der Waals surface area contributed by atoms with Crippen LogP contribution in [0.2, 0.25) is 0 Å². The first-order valence-electron chi connectivity index (χ1n) is 6.97. The Bertz CT molecular complexity index is 489. The van der Waals surface area contributed by atoms with Gasteiger partial charge in [0.1, 0.15) is 0 Å². The molecule has 4 heteroatoms. The minimum absolute atomic E-state index is 0.00823. The van der Waals surface area contributed by atoms with Gasteiger partial charge in [0.05, 0.1) is 0 Å². The highest BCUT2D eigenvalue weighted by Gasteiger charge is 2.21. The van der Waals surface area contributed by atoms with Crippen LogP contribution < -0.4 is 10.6 Å². The molecule has 0 aliphatic carbocycles. The molecule has 0 bridgehead atoms. The zero-order valence-electron chi connectivity index (χ0n) is 12.9. The predicted molar refractivity (Wildman–Crippen MR) is 81.7 cm³/mol. The molecule has 0 aromatic heterocycles. The normalized spacial score (nSPS) is 12.7. The third kappa shape index (κ3) is 4.37. The highest BCUT2D eigenvalue weighted by Crippen LogP contribution is 2.29. The van der Waals surface area contributed by atoms with E-state index in [-0.39, 0.29) is 11.5 Å². The van der Waals surface area contributed by atoms with Crippen molar-refractivity contribution in [3.05, 3.63) is 29.8 Å². The van der Waals surface area contributed by atoms with Gasteiger partial charge in [0.15, 0.2) is 0 Å². The minimum atomic E-state index is -0.623. The van der Waals surface area contributed by atoms with Crippen molar-refractivity contribution in [2.45, 2.75) is 52.5 Å². The first-order chi connectivity index (χ1) is 9.25. The lowest BCUT2D eigenvalue weighted by Gasteiger charge is -2.23. The largest absolute Gasteiger partial charge is 0.345 e. The van der Waals surface area contributed by atoms with Crippen molar-refractivity contribution < 1.29 is 9.59 Å². The van der Waals surface area contributed by atoms with E-state index in [2.05, 4.69) is 31.4 Å². The molecule has 0 radical (unpaired) electrons. The molecule has 4 nitrogen and oxygen atoms in total. The molecule has 2 amide bonds. The van der Waals surface area contributed by atoms with Crippen LogP contribution in [0.25, 0.3) is 0 Å². The zero-order chi connectivity index (χ0) is 15.3. The molecule has 0 saturated carbocycles. The Kier molecular flexibility index (Phi) is 5.31. The fourth-order valence-electron chi connectivity index (χ4n) is 1.82. The number of para-hydroxylation sites is 1. The van der Waals surface area contributed by atoms with Crippen molar-refractivity contribution in [1.82, 2.24) is 5.32 Å². The molecule has 1 atom stereocenters. The fraction of sp³-hybridized carbons (Fsp3) is 0.500. The maximum atomic E-state index is 11.9. The predicted octanol–water partition coefficient (Wildman–Crippen LogP) is 2.84. The minimum Gasteiger partial charge on any atom is -0.345 e. The molecule has 0 spiro atoms. The Balaban J connectivity index is 2.84. The monoisotopic (exact) mass is 276 g/mol. The maximum Gasteiger partial charge on any atom is 0.313 e. The summed E-state index contributed by atoms with van der Waals surface area (Å²) in [7, 11) is 0. The van der Waals surface area contributed by atoms with Crippen molar-refractivity contribution in [1.29, 1.82) is 0 Å². The van der Waals surface area contributed by atoms with Gasteiger partial charge in [0.25, 0.3) is 0 Å². The molecular formula is C16H24N2O2. The summed E-state index contributed by atoms with van der Waals surface area (Å²) in [6, 6.07) is 7.54. The summed E-state index contributed by atoms with van der Waals surface area (Å²) in [6.07, 6.45) is 0.789. The number of amides is 2. The van der Waals surface area contributed by atoms with Gasteiger partial charge in [-0.25, -0.2) is 0 Å². The average molecular weight is 276 g/mol. The van der Waals surface area contributed by atoms with Crippen LogP contribution in [-0.2, 0) is 15.0 Å². The summed E-state index contributed by atoms with van der Waals surface area (Å²) in [5.74, 6) is -1.22. The van der Waals surface area contributed by atoms with Crippen LogP contribution in [0.3, 0.4) is 0 Å². The van der Waals surface area contributed by atoms with Gasteiger partial charge in [0, 0.05) is 11.7 Å². The zero-order valence-corrected chi connectivity index (χ0v) is 12.9. The topological polar surface area (TPSA) is 58.2 Å². The van der Waals surface area contributed by atoms with E-state index in [1.54, 1.807) is 0 Å². The second kappa shape index (κ2) is 6.55. The molecule has 0 unspecified atom stereocenters. The van der Waals surface area contributed by atoms with E-state index in [9.17, 15) is 9.59 Å². The molecule has 0 fully saturated rings. The number of rotatable bonds is 3. The van der Waals surface area contributed by atoms with E-state index in [1.807, 2.05) is 38.1 Å². The third-order valence-corrected chi connectivity index (χ3v) is 3.18. The summed E-state index contributed by atoms with van der Waals surface area (Å²) < 4.78 is 0. The van der Waals surface area contributed by atoms with Gasteiger partial charge >= 0.3 is 11.8 Å². The van der Waals surface area contributed by atoms with Crippen molar-refractivity contribution in [2.24, 2.45) is 0 Å². The number of anilines is 1. The summed E-state index contributed by atoms with van der Waals surface area (Å²) in [4.78, 5) is 23.7. The van der Waals surface area contributed by atoms with E-state index in [0.717, 1.165) is 12.0 Å². The van der Waals surface area contributed by atoms with Crippen LogP contribution >= 0.6 is 0 Å². The van der Waals surface area contributed by atoms with E-state index in [1.165, 1.54) is 0 Å². The molecule has 0 heterocycles. The number of carbonyl (C=O) groups excluding carboxylic acids is 2. The number of nitrogens with one attached hydrogen (secondary N) is 2. The average Bonchev–Trinajstić information content (AvgIpc) is 2.37. The number of benzene rings is 1. The Labute approximate surface area is 121 Å². The quantitative estimate of drug-likeness (QED) is 0.834. The third-order valence-electron chi connectivity index (χ3n) is 3.18. The number of hydrogen-bond acceptors (Lipinski definition) is 2. The van der Waals surface area contributed by atoms with Crippen LogP contribution in [0.1, 0.15) is 46.6 Å². The van der Waals surface area contributed by atoms with Gasteiger partial charge in [-0.1, -0.05) is 45.9 Å². The van der Waals surface area contributed by atoms with Crippen molar-refractivity contribution in [2.75, 3.05) is 5.32 Å². The van der Waals surface area contributed by atoms with E-state index < -0.39 is 11.8 Å². The van der Waals surface area contributed by atoms with E-state index in [4.69, 9.17) is 0 Å². The lowest BCUT2D eigenvalue weighted by molar-refractivity contribution is -0.136. The standard InChI is InChI=1S/C16H24N2O2/c1-6-11(2)17-14(19)15(20)18-13-10-8-7-9-12(13)16(3,4)5/h7-11H,6H2,1-5H3,(H,17,19)(H,18,20)/t11-/m1/s1. The number of hydrogen-bond donors (Lipinski definition) is 2. The van der Waals surface area contributed by atoms with Crippen molar-refractivity contribution >= 4 is 17.5 Å². The Morgan fingerprint density at radius 1 is 1.15 bits per heavy atom. The maximum absolute atomic E-state index is 11.9. The first-order valence-corrected chi connectivity index (χ1v) is 6.97. The number of carbonyl (C=O) groups is 2. The van der Waals surface area contributed by atoms with Crippen molar-refractivity contribution in [3.8, 4) is 0 Å². The molecule has 20 heavy (non-hydrogen) atoms. The summed E-state index contributed by atoms with van der Waals surface area (Å²) in [5, 5.41) is 5.35. The molecular weight excluding hydrogens is 252 g/mol. The Morgan fingerprint density at radius 2 is 1.75 bits per heavy atom. The van der Waals surface area contributed by atoms with Gasteiger partial charge in [-0.05, 0) is 30.4 Å². The Morgan fingerprint density at radius 3 is 2.30 bits per heavy atom. The van der Waals surface area contributed by atoms with E-state index in [0.29, 0.717) is 5.69 Å². The molecule has 1 aromatic rings. The molecule has 2 N–H and O–H groups in total. The van der Waals surface area contributed by atoms with Crippen LogP contribution in [0, 0.1) is 0 Å². The van der Waals surface area contributed by atoms with Gasteiger partial charge in [-0.2, -0.15) is 0 Å². The second-order valence-corrected chi connectivity index (χ2v) is 6.03. The van der Waals surface area contributed by atoms with Crippen LogP contribution in [0.5, 0.6) is 0 Å².